The van der Waals surface area contributed by atoms with Gasteiger partial charge in [0, 0.05) is 35.9 Å². The van der Waals surface area contributed by atoms with Crippen molar-refractivity contribution in [2.75, 3.05) is 38.2 Å². The highest BCUT2D eigenvalue weighted by molar-refractivity contribution is 6.09. The number of H-pyrrole nitrogens is 1. The van der Waals surface area contributed by atoms with Gasteiger partial charge in [0.15, 0.2) is 0 Å². The molecule has 3 aromatic carbocycles. The Morgan fingerprint density at radius 3 is 2.58 bits per heavy atom. The fourth-order valence-electron chi connectivity index (χ4n) is 6.79. The van der Waals surface area contributed by atoms with E-state index in [1.807, 2.05) is 36.4 Å². The number of hydrogen-bond acceptors (Lipinski definition) is 5. The summed E-state index contributed by atoms with van der Waals surface area (Å²) in [6, 6.07) is 24.7. The smallest absolute Gasteiger partial charge is 0.262 e. The van der Waals surface area contributed by atoms with Crippen molar-refractivity contribution in [3.63, 3.8) is 0 Å². The van der Waals surface area contributed by atoms with Crippen LogP contribution in [0.5, 0.6) is 5.75 Å². The van der Waals surface area contributed by atoms with Crippen molar-refractivity contribution in [2.24, 2.45) is 0 Å². The van der Waals surface area contributed by atoms with Crippen LogP contribution in [0.15, 0.2) is 85.1 Å². The van der Waals surface area contributed by atoms with Crippen molar-refractivity contribution in [3.05, 3.63) is 107 Å². The second-order valence-electron chi connectivity index (χ2n) is 12.4. The van der Waals surface area contributed by atoms with Crippen LogP contribution in [-0.4, -0.2) is 59.2 Å². The van der Waals surface area contributed by atoms with Crippen LogP contribution in [0.2, 0.25) is 0 Å². The maximum absolute atomic E-state index is 13.9. The Morgan fingerprint density at radius 2 is 1.80 bits per heavy atom. The molecule has 0 radical (unpaired) electrons. The lowest BCUT2D eigenvalue weighted by molar-refractivity contribution is 0.0989. The van der Waals surface area contributed by atoms with E-state index in [1.165, 1.54) is 29.5 Å². The number of hydrogen-bond donors (Lipinski definition) is 2. The quantitative estimate of drug-likeness (QED) is 0.220. The molecule has 1 fully saturated rings. The zero-order chi connectivity index (χ0) is 30.5. The molecule has 0 spiro atoms. The van der Waals surface area contributed by atoms with Gasteiger partial charge >= 0.3 is 0 Å². The molecule has 2 aromatic heterocycles. The molecule has 1 amide bonds. The second kappa shape index (κ2) is 11.3. The average Bonchev–Trinajstić information content (AvgIpc) is 3.86. The molecule has 45 heavy (non-hydrogen) atoms. The van der Waals surface area contributed by atoms with Gasteiger partial charge in [0.2, 0.25) is 0 Å². The first kappa shape index (κ1) is 27.8. The van der Waals surface area contributed by atoms with E-state index in [2.05, 4.69) is 64.4 Å². The number of fused-ring (bicyclic) bond motifs is 2. The minimum atomic E-state index is -0.210. The summed E-state index contributed by atoms with van der Waals surface area (Å²) in [5.74, 6) is 1.12. The summed E-state index contributed by atoms with van der Waals surface area (Å²) in [7, 11) is 2.15. The molecule has 1 aliphatic carbocycles. The number of ether oxygens (including phenoxy) is 1. The lowest BCUT2D eigenvalue weighted by atomic mass is 9.95. The van der Waals surface area contributed by atoms with Crippen molar-refractivity contribution in [3.8, 4) is 28.1 Å². The average molecular weight is 597 g/mol. The first-order chi connectivity index (χ1) is 22.1. The van der Waals surface area contributed by atoms with Gasteiger partial charge in [-0.1, -0.05) is 48.5 Å². The number of aliphatic hydroxyl groups excluding tert-OH is 1. The van der Waals surface area contributed by atoms with Gasteiger partial charge in [-0.05, 0) is 96.0 Å². The number of likely N-dealkylation sites (N-methyl/N-ethyl adjacent to an activating group) is 1. The number of benzene rings is 3. The minimum Gasteiger partial charge on any atom is -0.491 e. The molecule has 0 atom stereocenters. The van der Waals surface area contributed by atoms with E-state index < -0.39 is 0 Å². The van der Waals surface area contributed by atoms with Crippen LogP contribution in [0.25, 0.3) is 39.0 Å². The second-order valence-corrected chi connectivity index (χ2v) is 12.4. The van der Waals surface area contributed by atoms with Gasteiger partial charge in [0.25, 0.3) is 5.91 Å². The third-order valence-corrected chi connectivity index (χ3v) is 9.50. The van der Waals surface area contributed by atoms with Crippen LogP contribution in [-0.2, 0) is 6.61 Å². The zero-order valence-electron chi connectivity index (χ0n) is 25.4. The largest absolute Gasteiger partial charge is 0.491 e. The number of anilines is 1. The predicted molar refractivity (Wildman–Crippen MR) is 179 cm³/mol. The number of nitrogens with zero attached hydrogens (tertiary/aromatic N) is 3. The number of aromatic nitrogens is 2. The standard InChI is InChI=1S/C38H36N4O3/c1-41-17-14-26(15-18-41)24-7-9-27(10-8-24)34-22-32-30(13-16-39-37(32)40-34)29-3-2-4-35(33(29)23-43)42-19-20-45-36-21-28(25-5-6-25)11-12-31(36)38(42)44/h2-4,7-14,16,21-22,25,43H,5-6,15,17-20,23H2,1H3,(H,39,40). The maximum Gasteiger partial charge on any atom is 0.262 e. The Kier molecular flexibility index (Phi) is 7.00. The van der Waals surface area contributed by atoms with Gasteiger partial charge in [0.1, 0.15) is 18.0 Å². The Labute approximate surface area is 262 Å². The summed E-state index contributed by atoms with van der Waals surface area (Å²) in [5, 5.41) is 11.7. The minimum absolute atomic E-state index is 0.111. The Bertz CT molecular complexity index is 1950. The van der Waals surface area contributed by atoms with E-state index >= 15 is 0 Å². The Hall–Kier alpha value is -4.72. The molecule has 1 saturated carbocycles. The molecule has 7 nitrogen and oxygen atoms in total. The predicted octanol–water partition coefficient (Wildman–Crippen LogP) is 7.02. The van der Waals surface area contributed by atoms with E-state index in [0.29, 0.717) is 41.6 Å². The van der Waals surface area contributed by atoms with Crippen LogP contribution in [0.3, 0.4) is 0 Å². The molecule has 7 heteroatoms. The number of amides is 1. The molecule has 226 valence electrons. The number of carbonyl (C=O) groups excluding carboxylic acids is 1. The van der Waals surface area contributed by atoms with E-state index in [1.54, 1.807) is 11.1 Å². The molecule has 0 saturated heterocycles. The van der Waals surface area contributed by atoms with Gasteiger partial charge in [-0.2, -0.15) is 0 Å². The van der Waals surface area contributed by atoms with Crippen molar-refractivity contribution < 1.29 is 14.6 Å². The van der Waals surface area contributed by atoms with Crippen molar-refractivity contribution in [2.45, 2.75) is 31.8 Å². The first-order valence-electron chi connectivity index (χ1n) is 15.9. The zero-order valence-corrected chi connectivity index (χ0v) is 25.4. The number of aliphatic hydroxyl groups is 1. The molecule has 8 rings (SSSR count). The first-order valence-corrected chi connectivity index (χ1v) is 15.9. The van der Waals surface area contributed by atoms with Crippen LogP contribution in [0, 0.1) is 0 Å². The SMILES string of the molecule is CN1CC=C(c2ccc(-c3cc4c(-c5cccc(N6CCOc7cc(C8CC8)ccc7C6=O)c5CO)ccnc4[nH]3)cc2)CC1. The van der Waals surface area contributed by atoms with Gasteiger partial charge in [0.05, 0.1) is 24.4 Å². The van der Waals surface area contributed by atoms with E-state index in [9.17, 15) is 9.90 Å². The molecule has 5 aromatic rings. The van der Waals surface area contributed by atoms with Gasteiger partial charge in [-0.3, -0.25) is 4.79 Å². The highest BCUT2D eigenvalue weighted by Crippen LogP contribution is 2.43. The lowest BCUT2D eigenvalue weighted by Crippen LogP contribution is -2.33. The van der Waals surface area contributed by atoms with Crippen LogP contribution < -0.4 is 9.64 Å². The Balaban J connectivity index is 1.14. The number of rotatable bonds is 6. The molecular formula is C38H36N4O3. The number of aromatic amines is 1. The van der Waals surface area contributed by atoms with Crippen LogP contribution in [0.4, 0.5) is 5.69 Å². The summed E-state index contributed by atoms with van der Waals surface area (Å²) in [5.41, 5.74) is 10.5. The summed E-state index contributed by atoms with van der Waals surface area (Å²) in [6.45, 7) is 2.63. The third-order valence-electron chi connectivity index (χ3n) is 9.50. The van der Waals surface area contributed by atoms with Crippen molar-refractivity contribution in [1.29, 1.82) is 0 Å². The highest BCUT2D eigenvalue weighted by atomic mass is 16.5. The number of carbonyl (C=O) groups is 1. The van der Waals surface area contributed by atoms with E-state index in [0.717, 1.165) is 52.9 Å². The molecule has 2 aliphatic heterocycles. The summed E-state index contributed by atoms with van der Waals surface area (Å²) >= 11 is 0. The Morgan fingerprint density at radius 1 is 0.956 bits per heavy atom. The fourth-order valence-corrected chi connectivity index (χ4v) is 6.79. The summed E-state index contributed by atoms with van der Waals surface area (Å²) in [6.07, 6.45) is 7.56. The molecule has 4 heterocycles. The topological polar surface area (TPSA) is 81.7 Å². The third kappa shape index (κ3) is 5.12. The van der Waals surface area contributed by atoms with Gasteiger partial charge in [-0.15, -0.1) is 0 Å². The molecule has 2 N–H and O–H groups in total. The van der Waals surface area contributed by atoms with Crippen LogP contribution in [0.1, 0.15) is 52.2 Å². The molecular weight excluding hydrogens is 560 g/mol. The summed E-state index contributed by atoms with van der Waals surface area (Å²) < 4.78 is 6.08. The molecule has 0 unspecified atom stereocenters. The highest BCUT2D eigenvalue weighted by Gasteiger charge is 2.30. The van der Waals surface area contributed by atoms with Crippen molar-refractivity contribution >= 4 is 28.2 Å². The lowest BCUT2D eigenvalue weighted by Gasteiger charge is -2.24. The van der Waals surface area contributed by atoms with E-state index in [4.69, 9.17) is 4.74 Å². The molecule has 3 aliphatic rings. The van der Waals surface area contributed by atoms with E-state index in [-0.39, 0.29) is 12.5 Å². The fraction of sp³-hybridized carbons (Fsp3) is 0.263. The van der Waals surface area contributed by atoms with Gasteiger partial charge in [-0.25, -0.2) is 4.98 Å². The van der Waals surface area contributed by atoms with Crippen molar-refractivity contribution in [1.82, 2.24) is 14.9 Å². The van der Waals surface area contributed by atoms with Gasteiger partial charge < -0.3 is 24.6 Å². The summed E-state index contributed by atoms with van der Waals surface area (Å²) in [4.78, 5) is 26.1. The number of pyridine rings is 1. The maximum atomic E-state index is 13.9. The molecule has 0 bridgehead atoms. The number of nitrogens with one attached hydrogen (secondary N) is 1. The monoisotopic (exact) mass is 596 g/mol. The van der Waals surface area contributed by atoms with Crippen LogP contribution >= 0.6 is 0 Å². The normalized spacial score (nSPS) is 17.2.